The van der Waals surface area contributed by atoms with Crippen molar-refractivity contribution in [2.45, 2.75) is 32.9 Å². The van der Waals surface area contributed by atoms with Crippen LogP contribution in [0.3, 0.4) is 0 Å². The Labute approximate surface area is 198 Å². The summed E-state index contributed by atoms with van der Waals surface area (Å²) in [7, 11) is 0. The van der Waals surface area contributed by atoms with Gasteiger partial charge in [-0.2, -0.15) is 5.10 Å². The Morgan fingerprint density at radius 3 is 2.85 bits per heavy atom. The smallest absolute Gasteiger partial charge is 0.175 e. The third kappa shape index (κ3) is 3.82. The van der Waals surface area contributed by atoms with Gasteiger partial charge in [-0.15, -0.1) is 0 Å². The van der Waals surface area contributed by atoms with E-state index in [1.807, 2.05) is 6.07 Å². The molecule has 6 nitrogen and oxygen atoms in total. The number of nitrogens with one attached hydrogen (secondary N) is 4. The van der Waals surface area contributed by atoms with Crippen molar-refractivity contribution in [3.63, 3.8) is 0 Å². The van der Waals surface area contributed by atoms with E-state index in [2.05, 4.69) is 99.4 Å². The van der Waals surface area contributed by atoms with Crippen LogP contribution in [-0.2, 0) is 19.5 Å². The monoisotopic (exact) mass is 447 g/mol. The Kier molecular flexibility index (Phi) is 5.28. The number of benzene rings is 2. The van der Waals surface area contributed by atoms with E-state index in [-0.39, 0.29) is 0 Å². The maximum Gasteiger partial charge on any atom is 0.175 e. The number of aromatic nitrogens is 5. The molecular weight excluding hydrogens is 420 g/mol. The molecular formula is C28H27N6+. The summed E-state index contributed by atoms with van der Waals surface area (Å²) < 4.78 is 0. The molecule has 6 rings (SSSR count). The van der Waals surface area contributed by atoms with Gasteiger partial charge in [0.2, 0.25) is 0 Å². The summed E-state index contributed by atoms with van der Waals surface area (Å²) in [6.45, 7) is 3.84. The molecule has 1 aliphatic rings. The number of aromatic amines is 3. The fourth-order valence-electron chi connectivity index (χ4n) is 4.68. The number of imidazole rings is 1. The predicted molar refractivity (Wildman–Crippen MR) is 135 cm³/mol. The summed E-state index contributed by atoms with van der Waals surface area (Å²) in [5.74, 6) is 0.821. The zero-order chi connectivity index (χ0) is 22.9. The normalized spacial score (nSPS) is 12.9. The molecule has 2 aromatic carbocycles. The number of pyridine rings is 1. The number of allylic oxidation sites excluding steroid dienone is 1. The molecule has 0 spiro atoms. The maximum atomic E-state index is 4.80. The highest BCUT2D eigenvalue weighted by Crippen LogP contribution is 2.32. The van der Waals surface area contributed by atoms with Gasteiger partial charge in [-0.05, 0) is 54.7 Å². The lowest BCUT2D eigenvalue weighted by Gasteiger charge is -2.10. The maximum absolute atomic E-state index is 4.80. The highest BCUT2D eigenvalue weighted by Gasteiger charge is 2.18. The van der Waals surface area contributed by atoms with E-state index < -0.39 is 0 Å². The van der Waals surface area contributed by atoms with E-state index in [0.717, 1.165) is 59.6 Å². The minimum Gasteiger partial charge on any atom is -0.340 e. The van der Waals surface area contributed by atoms with Crippen molar-refractivity contribution in [3.8, 4) is 22.6 Å². The lowest BCUT2D eigenvalue weighted by Crippen LogP contribution is -2.16. The molecule has 0 unspecified atom stereocenters. The van der Waals surface area contributed by atoms with Gasteiger partial charge in [0.05, 0.1) is 11.2 Å². The molecule has 0 atom stereocenters. The van der Waals surface area contributed by atoms with Gasteiger partial charge in [-0.1, -0.05) is 42.5 Å². The summed E-state index contributed by atoms with van der Waals surface area (Å²) in [5.41, 5.74) is 10.2. The standard InChI is InChI=1S/C28H26N6/c1-18-21(15-29-14-19-7-3-2-4-8-19)16-30-17-23(18)20-11-12-24-22(13-20)27(34-33-24)28-31-25-9-5-6-10-26(25)32-28/h2-5,7-9,11-13,16-17,29H,6,10,14-15H2,1H3,(H,31,32)(H,33,34)/p+1. The van der Waals surface area contributed by atoms with Gasteiger partial charge in [-0.3, -0.25) is 5.10 Å². The van der Waals surface area contributed by atoms with Crippen LogP contribution in [0.2, 0.25) is 0 Å². The minimum absolute atomic E-state index is 0.801. The molecule has 0 saturated carbocycles. The molecule has 0 fully saturated rings. The Morgan fingerprint density at radius 2 is 1.97 bits per heavy atom. The first-order chi connectivity index (χ1) is 16.8. The number of hydrogen-bond donors (Lipinski definition) is 3. The van der Waals surface area contributed by atoms with E-state index in [1.165, 1.54) is 27.9 Å². The second-order valence-electron chi connectivity index (χ2n) is 8.83. The van der Waals surface area contributed by atoms with Gasteiger partial charge < -0.3 is 10.3 Å². The summed E-state index contributed by atoms with van der Waals surface area (Å²) >= 11 is 0. The van der Waals surface area contributed by atoms with Gasteiger partial charge in [-0.25, -0.2) is 9.97 Å². The van der Waals surface area contributed by atoms with Crippen molar-refractivity contribution >= 4 is 17.0 Å². The van der Waals surface area contributed by atoms with Crippen LogP contribution in [0.5, 0.6) is 0 Å². The second kappa shape index (κ2) is 8.72. The van der Waals surface area contributed by atoms with E-state index in [0.29, 0.717) is 0 Å². The number of H-pyrrole nitrogens is 3. The highest BCUT2D eigenvalue weighted by molar-refractivity contribution is 5.94. The van der Waals surface area contributed by atoms with Crippen LogP contribution >= 0.6 is 0 Å². The molecule has 4 N–H and O–H groups in total. The number of aryl methyl sites for hydroxylation is 1. The first kappa shape index (κ1) is 20.6. The average Bonchev–Trinajstić information content (AvgIpc) is 3.49. The van der Waals surface area contributed by atoms with Gasteiger partial charge in [0, 0.05) is 35.3 Å². The molecule has 6 heteroatoms. The van der Waals surface area contributed by atoms with Crippen LogP contribution in [0.4, 0.5) is 0 Å². The van der Waals surface area contributed by atoms with E-state index in [9.17, 15) is 0 Å². The molecule has 0 amide bonds. The third-order valence-corrected chi connectivity index (χ3v) is 6.60. The van der Waals surface area contributed by atoms with Crippen molar-refractivity contribution in [2.24, 2.45) is 0 Å². The van der Waals surface area contributed by atoms with Gasteiger partial charge in [0.25, 0.3) is 0 Å². The first-order valence-corrected chi connectivity index (χ1v) is 11.7. The zero-order valence-corrected chi connectivity index (χ0v) is 19.2. The minimum atomic E-state index is 0.801. The molecule has 0 saturated heterocycles. The molecule has 34 heavy (non-hydrogen) atoms. The fourth-order valence-corrected chi connectivity index (χ4v) is 4.68. The summed E-state index contributed by atoms with van der Waals surface area (Å²) in [6.07, 6.45) is 10.5. The largest absolute Gasteiger partial charge is 0.340 e. The van der Waals surface area contributed by atoms with Gasteiger partial charge >= 0.3 is 0 Å². The van der Waals surface area contributed by atoms with Gasteiger partial charge in [0.1, 0.15) is 5.69 Å². The average molecular weight is 448 g/mol. The second-order valence-corrected chi connectivity index (χ2v) is 8.83. The molecule has 0 bridgehead atoms. The van der Waals surface area contributed by atoms with Crippen LogP contribution in [0.1, 0.15) is 34.5 Å². The number of nitrogens with zero attached hydrogens (tertiary/aromatic N) is 2. The van der Waals surface area contributed by atoms with Crippen molar-refractivity contribution in [2.75, 3.05) is 0 Å². The highest BCUT2D eigenvalue weighted by atomic mass is 15.1. The zero-order valence-electron chi connectivity index (χ0n) is 19.2. The van der Waals surface area contributed by atoms with E-state index in [1.54, 1.807) is 0 Å². The van der Waals surface area contributed by atoms with E-state index >= 15 is 0 Å². The fraction of sp³-hybridized carbons (Fsp3) is 0.179. The Bertz CT molecular complexity index is 1490. The molecule has 5 aromatic rings. The number of fused-ring (bicyclic) bond motifs is 2. The van der Waals surface area contributed by atoms with Crippen molar-refractivity contribution in [1.82, 2.24) is 25.5 Å². The Morgan fingerprint density at radius 1 is 1.06 bits per heavy atom. The lowest BCUT2D eigenvalue weighted by molar-refractivity contribution is -0.378. The molecule has 1 aliphatic carbocycles. The van der Waals surface area contributed by atoms with E-state index in [4.69, 9.17) is 4.98 Å². The third-order valence-electron chi connectivity index (χ3n) is 6.60. The molecule has 3 aromatic heterocycles. The topological polar surface area (TPSA) is 83.5 Å². The summed E-state index contributed by atoms with van der Waals surface area (Å²) in [5, 5.41) is 12.4. The molecule has 168 valence electrons. The van der Waals surface area contributed by atoms with Crippen molar-refractivity contribution in [3.05, 3.63) is 95.1 Å². The van der Waals surface area contributed by atoms with Gasteiger partial charge in [0.15, 0.2) is 18.2 Å². The van der Waals surface area contributed by atoms with Crippen LogP contribution in [-0.4, -0.2) is 20.2 Å². The van der Waals surface area contributed by atoms with Crippen LogP contribution in [0, 0.1) is 6.92 Å². The SMILES string of the molecule is Cc1c(CNCc2ccccc2)c[nH+]cc1-c1ccc2[nH]nc(-c3nc4c([nH]3)CCC=C4)c2c1. The number of hydrogen-bond acceptors (Lipinski definition) is 3. The Hall–Kier alpha value is -4.03. The molecule has 0 radical (unpaired) electrons. The predicted octanol–water partition coefficient (Wildman–Crippen LogP) is 4.99. The quantitative estimate of drug-likeness (QED) is 0.343. The molecule has 3 heterocycles. The first-order valence-electron chi connectivity index (χ1n) is 11.7. The Balaban J connectivity index is 1.30. The summed E-state index contributed by atoms with van der Waals surface area (Å²) in [6, 6.07) is 16.9. The van der Waals surface area contributed by atoms with Crippen molar-refractivity contribution in [1.29, 1.82) is 0 Å². The summed E-state index contributed by atoms with van der Waals surface area (Å²) in [4.78, 5) is 11.6. The van der Waals surface area contributed by atoms with Crippen LogP contribution in [0.15, 0.2) is 67.0 Å². The lowest BCUT2D eigenvalue weighted by atomic mass is 9.98. The number of rotatable bonds is 6. The van der Waals surface area contributed by atoms with Crippen molar-refractivity contribution < 1.29 is 4.98 Å². The molecule has 0 aliphatic heterocycles. The van der Waals surface area contributed by atoms with Crippen LogP contribution < -0.4 is 10.3 Å². The van der Waals surface area contributed by atoms with Crippen LogP contribution in [0.25, 0.3) is 39.6 Å².